The maximum atomic E-state index is 13.5. The molecule has 0 aliphatic rings. The zero-order valence-corrected chi connectivity index (χ0v) is 11.3. The van der Waals surface area contributed by atoms with Crippen LogP contribution in [0.2, 0.25) is 0 Å². The lowest BCUT2D eigenvalue weighted by Crippen LogP contribution is -2.14. The van der Waals surface area contributed by atoms with E-state index in [0.29, 0.717) is 12.3 Å². The first-order valence-corrected chi connectivity index (χ1v) is 6.36. The molecular formula is C13H19F3N2O2. The molecule has 0 aliphatic heterocycles. The molecule has 0 aliphatic carbocycles. The van der Waals surface area contributed by atoms with Gasteiger partial charge in [0.05, 0.1) is 24.6 Å². The minimum atomic E-state index is -2.49. The van der Waals surface area contributed by atoms with E-state index in [1.165, 1.54) is 6.07 Å². The number of nitrogens with one attached hydrogen (secondary N) is 1. The molecule has 0 aromatic heterocycles. The molecule has 0 saturated carbocycles. The number of alkyl halides is 2. The highest BCUT2D eigenvalue weighted by Gasteiger charge is 2.09. The molecule has 0 spiro atoms. The third-order valence-corrected chi connectivity index (χ3v) is 2.37. The Morgan fingerprint density at radius 1 is 1.30 bits per heavy atom. The normalized spacial score (nSPS) is 10.8. The van der Waals surface area contributed by atoms with Gasteiger partial charge in [-0.2, -0.15) is 0 Å². The van der Waals surface area contributed by atoms with Crippen molar-refractivity contribution < 1.29 is 22.6 Å². The standard InChI is InChI=1S/C13H19F3N2O2/c1-2-4-20-12-7-11(10(17)6-9(12)14)18-3-5-19-8-13(15)16/h6-7,13,18H,2-5,8,17H2,1H3. The Balaban J connectivity index is 2.51. The molecule has 0 saturated heterocycles. The Morgan fingerprint density at radius 3 is 2.70 bits per heavy atom. The summed E-state index contributed by atoms with van der Waals surface area (Å²) in [5, 5.41) is 2.89. The van der Waals surface area contributed by atoms with Crippen LogP contribution in [0.3, 0.4) is 0 Å². The van der Waals surface area contributed by atoms with Crippen LogP contribution in [0.4, 0.5) is 24.5 Å². The van der Waals surface area contributed by atoms with E-state index in [1.54, 1.807) is 0 Å². The number of benzene rings is 1. The third kappa shape index (κ3) is 5.56. The third-order valence-electron chi connectivity index (χ3n) is 2.37. The van der Waals surface area contributed by atoms with Gasteiger partial charge >= 0.3 is 0 Å². The van der Waals surface area contributed by atoms with E-state index in [2.05, 4.69) is 5.32 Å². The van der Waals surface area contributed by atoms with Gasteiger partial charge in [-0.05, 0) is 6.42 Å². The number of hydrogen-bond donors (Lipinski definition) is 2. The summed E-state index contributed by atoms with van der Waals surface area (Å²) < 4.78 is 47.2. The second-order valence-electron chi connectivity index (χ2n) is 4.11. The molecule has 0 heterocycles. The van der Waals surface area contributed by atoms with Gasteiger partial charge in [0.15, 0.2) is 11.6 Å². The van der Waals surface area contributed by atoms with Crippen LogP contribution >= 0.6 is 0 Å². The van der Waals surface area contributed by atoms with Gasteiger partial charge in [0, 0.05) is 18.7 Å². The van der Waals surface area contributed by atoms with E-state index in [9.17, 15) is 13.2 Å². The van der Waals surface area contributed by atoms with Gasteiger partial charge < -0.3 is 20.5 Å². The van der Waals surface area contributed by atoms with E-state index in [4.69, 9.17) is 15.2 Å². The highest BCUT2D eigenvalue weighted by molar-refractivity contribution is 5.68. The predicted molar refractivity (Wildman–Crippen MR) is 71.9 cm³/mol. The van der Waals surface area contributed by atoms with Gasteiger partial charge in [-0.25, -0.2) is 13.2 Å². The van der Waals surface area contributed by atoms with Crippen LogP contribution in [-0.4, -0.2) is 32.8 Å². The second-order valence-corrected chi connectivity index (χ2v) is 4.11. The summed E-state index contributed by atoms with van der Waals surface area (Å²) in [4.78, 5) is 0. The minimum absolute atomic E-state index is 0.103. The average molecular weight is 292 g/mol. The van der Waals surface area contributed by atoms with Crippen LogP contribution < -0.4 is 15.8 Å². The summed E-state index contributed by atoms with van der Waals surface area (Å²) in [6, 6.07) is 2.61. The molecule has 4 nitrogen and oxygen atoms in total. The summed E-state index contributed by atoms with van der Waals surface area (Å²) in [6.45, 7) is 2.10. The first-order chi connectivity index (χ1) is 9.54. The van der Waals surface area contributed by atoms with Crippen molar-refractivity contribution in [2.45, 2.75) is 19.8 Å². The molecule has 1 aromatic carbocycles. The number of anilines is 2. The van der Waals surface area contributed by atoms with Crippen LogP contribution in [0.25, 0.3) is 0 Å². The largest absolute Gasteiger partial charge is 0.490 e. The van der Waals surface area contributed by atoms with E-state index in [-0.39, 0.29) is 24.6 Å². The van der Waals surface area contributed by atoms with Crippen molar-refractivity contribution in [1.29, 1.82) is 0 Å². The molecule has 0 bridgehead atoms. The molecule has 0 radical (unpaired) electrons. The topological polar surface area (TPSA) is 56.5 Å². The first-order valence-electron chi connectivity index (χ1n) is 6.36. The maximum absolute atomic E-state index is 13.5. The quantitative estimate of drug-likeness (QED) is 0.543. The van der Waals surface area contributed by atoms with Crippen LogP contribution in [0.15, 0.2) is 12.1 Å². The molecule has 0 unspecified atom stereocenters. The molecule has 0 amide bonds. The fraction of sp³-hybridized carbons (Fsp3) is 0.538. The summed E-state index contributed by atoms with van der Waals surface area (Å²) in [5.74, 6) is -0.424. The summed E-state index contributed by atoms with van der Waals surface area (Å²) >= 11 is 0. The lowest BCUT2D eigenvalue weighted by Gasteiger charge is -2.13. The van der Waals surface area contributed by atoms with Gasteiger partial charge in [-0.3, -0.25) is 0 Å². The van der Waals surface area contributed by atoms with Crippen molar-refractivity contribution in [3.63, 3.8) is 0 Å². The summed E-state index contributed by atoms with van der Waals surface area (Å²) in [5.41, 5.74) is 6.37. The van der Waals surface area contributed by atoms with Gasteiger partial charge in [-0.1, -0.05) is 6.92 Å². The fourth-order valence-corrected chi connectivity index (χ4v) is 1.47. The number of nitrogen functional groups attached to an aromatic ring is 1. The number of halogens is 3. The Kier molecular flexibility index (Phi) is 7.00. The monoisotopic (exact) mass is 292 g/mol. The van der Waals surface area contributed by atoms with E-state index < -0.39 is 18.8 Å². The minimum Gasteiger partial charge on any atom is -0.490 e. The molecule has 20 heavy (non-hydrogen) atoms. The number of ether oxygens (including phenoxy) is 2. The van der Waals surface area contributed by atoms with Gasteiger partial charge in [0.25, 0.3) is 6.43 Å². The molecule has 0 fully saturated rings. The smallest absolute Gasteiger partial charge is 0.261 e. The number of rotatable bonds is 9. The Bertz CT molecular complexity index is 417. The Labute approximate surface area is 116 Å². The second kappa shape index (κ2) is 8.52. The van der Waals surface area contributed by atoms with E-state index >= 15 is 0 Å². The van der Waals surface area contributed by atoms with Crippen molar-refractivity contribution in [2.75, 3.05) is 37.4 Å². The molecule has 7 heteroatoms. The number of nitrogens with two attached hydrogens (primary N) is 1. The molecule has 1 rings (SSSR count). The highest BCUT2D eigenvalue weighted by Crippen LogP contribution is 2.28. The lowest BCUT2D eigenvalue weighted by atomic mass is 10.2. The number of hydrogen-bond acceptors (Lipinski definition) is 4. The summed E-state index contributed by atoms with van der Waals surface area (Å²) in [7, 11) is 0. The Hall–Kier alpha value is -1.63. The van der Waals surface area contributed by atoms with Gasteiger partial charge in [0.2, 0.25) is 0 Å². The first kappa shape index (κ1) is 16.4. The van der Waals surface area contributed by atoms with Gasteiger partial charge in [0.1, 0.15) is 6.61 Å². The van der Waals surface area contributed by atoms with E-state index in [0.717, 1.165) is 12.5 Å². The van der Waals surface area contributed by atoms with Crippen molar-refractivity contribution in [3.05, 3.63) is 17.9 Å². The average Bonchev–Trinajstić information content (AvgIpc) is 2.39. The summed E-state index contributed by atoms with van der Waals surface area (Å²) in [6.07, 6.45) is -1.73. The van der Waals surface area contributed by atoms with Crippen LogP contribution in [0, 0.1) is 5.82 Å². The molecule has 0 atom stereocenters. The predicted octanol–water partition coefficient (Wildman–Crippen LogP) is 2.89. The van der Waals surface area contributed by atoms with E-state index in [1.807, 2.05) is 6.92 Å². The molecule has 114 valence electrons. The SMILES string of the molecule is CCCOc1cc(NCCOCC(F)F)c(N)cc1F. The van der Waals surface area contributed by atoms with Crippen molar-refractivity contribution in [2.24, 2.45) is 0 Å². The molecular weight excluding hydrogens is 273 g/mol. The van der Waals surface area contributed by atoms with Crippen LogP contribution in [0.5, 0.6) is 5.75 Å². The van der Waals surface area contributed by atoms with Crippen molar-refractivity contribution in [3.8, 4) is 5.75 Å². The lowest BCUT2D eigenvalue weighted by molar-refractivity contribution is 0.0215. The van der Waals surface area contributed by atoms with Gasteiger partial charge in [-0.15, -0.1) is 0 Å². The fourth-order valence-electron chi connectivity index (χ4n) is 1.47. The zero-order chi connectivity index (χ0) is 15.0. The Morgan fingerprint density at radius 2 is 2.05 bits per heavy atom. The van der Waals surface area contributed by atoms with Crippen LogP contribution in [0.1, 0.15) is 13.3 Å². The highest BCUT2D eigenvalue weighted by atomic mass is 19.3. The molecule has 1 aromatic rings. The molecule has 3 N–H and O–H groups in total. The zero-order valence-electron chi connectivity index (χ0n) is 11.3. The van der Waals surface area contributed by atoms with Crippen molar-refractivity contribution in [1.82, 2.24) is 0 Å². The maximum Gasteiger partial charge on any atom is 0.261 e. The van der Waals surface area contributed by atoms with Crippen molar-refractivity contribution >= 4 is 11.4 Å². The van der Waals surface area contributed by atoms with Crippen LogP contribution in [-0.2, 0) is 4.74 Å².